The maximum Gasteiger partial charge on any atom is 0.334 e. The number of aliphatic carboxylic acids is 1. The second-order valence-corrected chi connectivity index (χ2v) is 4.83. The van der Waals surface area contributed by atoms with Gasteiger partial charge in [-0.2, -0.15) is 0 Å². The number of aliphatic hydroxyl groups excluding tert-OH is 1. The lowest BCUT2D eigenvalue weighted by Gasteiger charge is -2.26. The second-order valence-electron chi connectivity index (χ2n) is 4.83. The van der Waals surface area contributed by atoms with Crippen molar-refractivity contribution in [3.63, 3.8) is 0 Å². The van der Waals surface area contributed by atoms with Crippen molar-refractivity contribution in [2.45, 2.75) is 39.3 Å². The summed E-state index contributed by atoms with van der Waals surface area (Å²) in [6, 6.07) is -0.311. The van der Waals surface area contributed by atoms with Gasteiger partial charge in [0.25, 0.3) is 0 Å². The van der Waals surface area contributed by atoms with Crippen LogP contribution in [0.2, 0.25) is 0 Å². The molecule has 1 amide bonds. The molecule has 0 saturated carbocycles. The van der Waals surface area contributed by atoms with Crippen LogP contribution in [0.15, 0.2) is 0 Å². The molecule has 0 fully saturated rings. The molecular formula is C10H20N2O4. The third kappa shape index (κ3) is 5.67. The minimum Gasteiger partial charge on any atom is -0.479 e. The zero-order valence-electron chi connectivity index (χ0n) is 9.86. The molecule has 0 heterocycles. The van der Waals surface area contributed by atoms with Crippen molar-refractivity contribution in [3.8, 4) is 0 Å². The van der Waals surface area contributed by atoms with E-state index in [-0.39, 0.29) is 30.3 Å². The summed E-state index contributed by atoms with van der Waals surface area (Å²) in [7, 11) is 0. The Labute approximate surface area is 94.8 Å². The molecule has 5 N–H and O–H groups in total. The van der Waals surface area contributed by atoms with Crippen LogP contribution >= 0.6 is 0 Å². The predicted molar refractivity (Wildman–Crippen MR) is 58.7 cm³/mol. The third-order valence-corrected chi connectivity index (χ3v) is 2.30. The summed E-state index contributed by atoms with van der Waals surface area (Å²) in [4.78, 5) is 21.6. The zero-order valence-corrected chi connectivity index (χ0v) is 9.86. The van der Waals surface area contributed by atoms with Crippen LogP contribution in [0, 0.1) is 5.41 Å². The third-order valence-electron chi connectivity index (χ3n) is 2.30. The number of carboxylic acid groups (broad SMARTS) is 1. The van der Waals surface area contributed by atoms with Gasteiger partial charge in [-0.1, -0.05) is 20.8 Å². The monoisotopic (exact) mass is 232 g/mol. The van der Waals surface area contributed by atoms with Crippen molar-refractivity contribution in [3.05, 3.63) is 0 Å². The molecule has 0 aromatic carbocycles. The number of carbonyl (C=O) groups excluding carboxylic acids is 1. The molecule has 0 aromatic rings. The summed E-state index contributed by atoms with van der Waals surface area (Å²) < 4.78 is 0. The van der Waals surface area contributed by atoms with E-state index in [0.717, 1.165) is 0 Å². The van der Waals surface area contributed by atoms with E-state index in [4.69, 9.17) is 15.9 Å². The molecule has 16 heavy (non-hydrogen) atoms. The number of rotatable bonds is 5. The fourth-order valence-electron chi connectivity index (χ4n) is 0.876. The SMILES string of the molecule is CC(C)(C)C(N)CC(=O)NCC(O)C(=O)O. The highest BCUT2D eigenvalue weighted by atomic mass is 16.4. The lowest BCUT2D eigenvalue weighted by Crippen LogP contribution is -2.42. The fraction of sp³-hybridized carbons (Fsp3) is 0.800. The number of carbonyl (C=O) groups is 2. The van der Waals surface area contributed by atoms with Gasteiger partial charge in [-0.3, -0.25) is 4.79 Å². The minimum absolute atomic E-state index is 0.107. The van der Waals surface area contributed by atoms with Crippen LogP contribution < -0.4 is 11.1 Å². The largest absolute Gasteiger partial charge is 0.479 e. The molecule has 0 aliphatic rings. The molecule has 6 heteroatoms. The van der Waals surface area contributed by atoms with Gasteiger partial charge < -0.3 is 21.3 Å². The van der Waals surface area contributed by atoms with Crippen LogP contribution in [0.3, 0.4) is 0 Å². The summed E-state index contributed by atoms with van der Waals surface area (Å²) in [5.41, 5.74) is 5.59. The van der Waals surface area contributed by atoms with Crippen molar-refractivity contribution in [2.75, 3.05) is 6.54 Å². The van der Waals surface area contributed by atoms with Gasteiger partial charge in [0.15, 0.2) is 6.10 Å². The average Bonchev–Trinajstić information content (AvgIpc) is 2.12. The van der Waals surface area contributed by atoms with Gasteiger partial charge in [0, 0.05) is 12.5 Å². The van der Waals surface area contributed by atoms with Crippen molar-refractivity contribution < 1.29 is 19.8 Å². The highest BCUT2D eigenvalue weighted by Crippen LogP contribution is 2.19. The molecule has 0 aliphatic heterocycles. The number of nitrogens with one attached hydrogen (secondary N) is 1. The van der Waals surface area contributed by atoms with E-state index in [0.29, 0.717) is 0 Å². The maximum atomic E-state index is 11.3. The smallest absolute Gasteiger partial charge is 0.334 e. The molecule has 0 spiro atoms. The van der Waals surface area contributed by atoms with Gasteiger partial charge >= 0.3 is 5.97 Å². The average molecular weight is 232 g/mol. The lowest BCUT2D eigenvalue weighted by molar-refractivity contribution is -0.146. The molecule has 0 rings (SSSR count). The molecule has 0 saturated heterocycles. The Bertz CT molecular complexity index is 260. The molecule has 0 aliphatic carbocycles. The van der Waals surface area contributed by atoms with E-state index < -0.39 is 12.1 Å². The van der Waals surface area contributed by atoms with E-state index in [9.17, 15) is 9.59 Å². The molecule has 0 bridgehead atoms. The Hall–Kier alpha value is -1.14. The van der Waals surface area contributed by atoms with Gasteiger partial charge in [0.05, 0.1) is 6.54 Å². The zero-order chi connectivity index (χ0) is 12.9. The first-order valence-electron chi connectivity index (χ1n) is 5.07. The van der Waals surface area contributed by atoms with Crippen LogP contribution in [0.5, 0.6) is 0 Å². The molecule has 0 radical (unpaired) electrons. The number of hydrogen-bond donors (Lipinski definition) is 4. The first-order chi connectivity index (χ1) is 7.14. The van der Waals surface area contributed by atoms with Crippen molar-refractivity contribution >= 4 is 11.9 Å². The lowest BCUT2D eigenvalue weighted by atomic mass is 9.85. The van der Waals surface area contributed by atoms with Crippen LogP contribution in [-0.2, 0) is 9.59 Å². The first kappa shape index (κ1) is 14.9. The topological polar surface area (TPSA) is 113 Å². The highest BCUT2D eigenvalue weighted by Gasteiger charge is 2.23. The Kier molecular flexibility index (Phi) is 5.40. The Morgan fingerprint density at radius 2 is 1.88 bits per heavy atom. The number of carboxylic acids is 1. The van der Waals surface area contributed by atoms with Crippen LogP contribution in [0.4, 0.5) is 0 Å². The van der Waals surface area contributed by atoms with Crippen LogP contribution in [0.1, 0.15) is 27.2 Å². The predicted octanol–water partition coefficient (Wildman–Crippen LogP) is -0.688. The van der Waals surface area contributed by atoms with E-state index in [1.807, 2.05) is 20.8 Å². The first-order valence-corrected chi connectivity index (χ1v) is 5.07. The van der Waals surface area contributed by atoms with E-state index in [1.54, 1.807) is 0 Å². The molecule has 94 valence electrons. The standard InChI is InChI=1S/C10H20N2O4/c1-10(2,3)7(11)4-8(14)12-5-6(13)9(15)16/h6-7,13H,4-5,11H2,1-3H3,(H,12,14)(H,15,16). The molecular weight excluding hydrogens is 212 g/mol. The van der Waals surface area contributed by atoms with E-state index >= 15 is 0 Å². The minimum atomic E-state index is -1.57. The highest BCUT2D eigenvalue weighted by molar-refractivity contribution is 5.78. The maximum absolute atomic E-state index is 11.3. The van der Waals surface area contributed by atoms with Gasteiger partial charge in [-0.15, -0.1) is 0 Å². The summed E-state index contributed by atoms with van der Waals surface area (Å²) >= 11 is 0. The number of nitrogens with two attached hydrogens (primary N) is 1. The molecule has 0 aromatic heterocycles. The molecule has 6 nitrogen and oxygen atoms in total. The Morgan fingerprint density at radius 1 is 1.38 bits per heavy atom. The second kappa shape index (κ2) is 5.81. The quantitative estimate of drug-likeness (QED) is 0.501. The van der Waals surface area contributed by atoms with E-state index in [1.165, 1.54) is 0 Å². The van der Waals surface area contributed by atoms with Gasteiger partial charge in [-0.05, 0) is 5.41 Å². The number of hydrogen-bond acceptors (Lipinski definition) is 4. The summed E-state index contributed by atoms with van der Waals surface area (Å²) in [5.74, 6) is -1.72. The van der Waals surface area contributed by atoms with Crippen LogP contribution in [-0.4, -0.2) is 40.8 Å². The normalized spacial score (nSPS) is 15.3. The Morgan fingerprint density at radius 3 is 2.25 bits per heavy atom. The fourth-order valence-corrected chi connectivity index (χ4v) is 0.876. The van der Waals surface area contributed by atoms with Gasteiger partial charge in [-0.25, -0.2) is 4.79 Å². The Balaban J connectivity index is 3.97. The van der Waals surface area contributed by atoms with Gasteiger partial charge in [0.1, 0.15) is 0 Å². The van der Waals surface area contributed by atoms with Crippen molar-refractivity contribution in [1.29, 1.82) is 0 Å². The summed E-state index contributed by atoms with van der Waals surface area (Å²) in [5, 5.41) is 19.6. The van der Waals surface area contributed by atoms with Crippen molar-refractivity contribution in [1.82, 2.24) is 5.32 Å². The van der Waals surface area contributed by atoms with Gasteiger partial charge in [0.2, 0.25) is 5.91 Å². The summed E-state index contributed by atoms with van der Waals surface area (Å²) in [6.07, 6.45) is -1.47. The molecule has 2 unspecified atom stereocenters. The number of amides is 1. The van der Waals surface area contributed by atoms with Crippen LogP contribution in [0.25, 0.3) is 0 Å². The van der Waals surface area contributed by atoms with E-state index in [2.05, 4.69) is 5.32 Å². The summed E-state index contributed by atoms with van der Waals surface area (Å²) in [6.45, 7) is 5.44. The number of aliphatic hydroxyl groups is 1. The molecule has 2 atom stereocenters. The van der Waals surface area contributed by atoms with Crippen molar-refractivity contribution in [2.24, 2.45) is 11.1 Å².